The third-order valence-electron chi connectivity index (χ3n) is 5.26. The Morgan fingerprint density at radius 3 is 2.69 bits per heavy atom. The Hall–Kier alpha value is -1.91. The highest BCUT2D eigenvalue weighted by atomic mass is 32.2. The minimum absolute atomic E-state index is 0.0162. The van der Waals surface area contributed by atoms with Gasteiger partial charge >= 0.3 is 6.18 Å². The standard InChI is InChI=1S/C19H23F3N2O4S/c1-13-4-3-5-14(10-13)29(26,27)18(2)6-9-28-16(12-18)15-11-17(19(20,21)22)23-24(15)7-8-25/h3-5,10-11,16,25H,6-9,12H2,1-2H3. The first kappa shape index (κ1) is 21.8. The Balaban J connectivity index is 1.97. The third-order valence-corrected chi connectivity index (χ3v) is 7.80. The van der Waals surface area contributed by atoms with E-state index in [1.54, 1.807) is 32.0 Å². The summed E-state index contributed by atoms with van der Waals surface area (Å²) in [5, 5.41) is 12.7. The van der Waals surface area contributed by atoms with E-state index in [2.05, 4.69) is 5.10 Å². The van der Waals surface area contributed by atoms with E-state index < -0.39 is 39.2 Å². The number of aromatic nitrogens is 2. The number of rotatable bonds is 5. The molecule has 2 unspecified atom stereocenters. The normalized spacial score (nSPS) is 23.3. The van der Waals surface area contributed by atoms with E-state index in [4.69, 9.17) is 4.74 Å². The lowest BCUT2D eigenvalue weighted by Crippen LogP contribution is -2.42. The molecule has 10 heteroatoms. The van der Waals surface area contributed by atoms with Gasteiger partial charge in [-0.2, -0.15) is 18.3 Å². The number of sulfone groups is 1. The van der Waals surface area contributed by atoms with Gasteiger partial charge in [-0.1, -0.05) is 12.1 Å². The summed E-state index contributed by atoms with van der Waals surface area (Å²) in [6, 6.07) is 7.43. The fraction of sp³-hybridized carbons (Fsp3) is 0.526. The Morgan fingerprint density at radius 1 is 1.34 bits per heavy atom. The first-order valence-corrected chi connectivity index (χ1v) is 10.6. The van der Waals surface area contributed by atoms with Crippen molar-refractivity contribution in [1.29, 1.82) is 0 Å². The molecule has 0 aliphatic carbocycles. The fourth-order valence-electron chi connectivity index (χ4n) is 3.57. The van der Waals surface area contributed by atoms with Crippen molar-refractivity contribution in [2.45, 2.75) is 55.2 Å². The lowest BCUT2D eigenvalue weighted by Gasteiger charge is -2.37. The van der Waals surface area contributed by atoms with Crippen LogP contribution in [0.3, 0.4) is 0 Å². The van der Waals surface area contributed by atoms with E-state index in [1.165, 1.54) is 6.07 Å². The number of halogens is 3. The van der Waals surface area contributed by atoms with Crippen LogP contribution in [0.1, 0.15) is 42.8 Å². The summed E-state index contributed by atoms with van der Waals surface area (Å²) in [5.41, 5.74) is -0.191. The van der Waals surface area contributed by atoms with Crippen LogP contribution in [0.25, 0.3) is 0 Å². The van der Waals surface area contributed by atoms with Gasteiger partial charge in [-0.05, 0) is 50.5 Å². The SMILES string of the molecule is Cc1cccc(S(=O)(=O)C2(C)CCOC(c3cc(C(F)(F)F)nn3CCO)C2)c1. The van der Waals surface area contributed by atoms with Crippen molar-refractivity contribution in [2.24, 2.45) is 0 Å². The van der Waals surface area contributed by atoms with Crippen LogP contribution in [0, 0.1) is 6.92 Å². The first-order chi connectivity index (χ1) is 13.5. The predicted molar refractivity (Wildman–Crippen MR) is 99.0 cm³/mol. The summed E-state index contributed by atoms with van der Waals surface area (Å²) in [6.07, 6.45) is -5.33. The minimum Gasteiger partial charge on any atom is -0.394 e. The number of hydrogen-bond donors (Lipinski definition) is 1. The van der Waals surface area contributed by atoms with Gasteiger partial charge in [0, 0.05) is 6.61 Å². The van der Waals surface area contributed by atoms with Crippen LogP contribution >= 0.6 is 0 Å². The highest BCUT2D eigenvalue weighted by Crippen LogP contribution is 2.43. The number of hydrogen-bond acceptors (Lipinski definition) is 5. The van der Waals surface area contributed by atoms with E-state index in [0.29, 0.717) is 0 Å². The van der Waals surface area contributed by atoms with E-state index in [1.807, 2.05) is 0 Å². The molecule has 0 spiro atoms. The minimum atomic E-state index is -4.65. The number of nitrogens with zero attached hydrogens (tertiary/aromatic N) is 2. The van der Waals surface area contributed by atoms with Crippen LogP contribution in [0.15, 0.2) is 35.2 Å². The van der Waals surface area contributed by atoms with Gasteiger partial charge in [0.15, 0.2) is 15.5 Å². The van der Waals surface area contributed by atoms with Crippen LogP contribution in [-0.2, 0) is 27.3 Å². The molecule has 160 valence electrons. The Labute approximate surface area is 167 Å². The Bertz CT molecular complexity index is 988. The van der Waals surface area contributed by atoms with Crippen molar-refractivity contribution < 1.29 is 31.4 Å². The maximum atomic E-state index is 13.3. The van der Waals surface area contributed by atoms with Crippen LogP contribution in [0.4, 0.5) is 13.2 Å². The lowest BCUT2D eigenvalue weighted by atomic mass is 9.94. The molecule has 1 saturated heterocycles. The zero-order valence-corrected chi connectivity index (χ0v) is 16.9. The van der Waals surface area contributed by atoms with Crippen molar-refractivity contribution in [1.82, 2.24) is 9.78 Å². The van der Waals surface area contributed by atoms with Crippen molar-refractivity contribution >= 4 is 9.84 Å². The second kappa shape index (κ2) is 7.73. The number of aliphatic hydroxyl groups excluding tert-OH is 1. The van der Waals surface area contributed by atoms with E-state index in [9.17, 15) is 26.7 Å². The van der Waals surface area contributed by atoms with Crippen LogP contribution < -0.4 is 0 Å². The maximum absolute atomic E-state index is 13.3. The van der Waals surface area contributed by atoms with E-state index in [-0.39, 0.29) is 36.6 Å². The van der Waals surface area contributed by atoms with Crippen molar-refractivity contribution in [3.63, 3.8) is 0 Å². The molecule has 1 aliphatic heterocycles. The largest absolute Gasteiger partial charge is 0.435 e. The Morgan fingerprint density at radius 2 is 2.07 bits per heavy atom. The summed E-state index contributed by atoms with van der Waals surface area (Å²) >= 11 is 0. The number of aliphatic hydroxyl groups is 1. The van der Waals surface area contributed by atoms with Gasteiger partial charge < -0.3 is 9.84 Å². The molecule has 1 aromatic carbocycles. The second-order valence-electron chi connectivity index (χ2n) is 7.48. The molecule has 0 saturated carbocycles. The molecule has 29 heavy (non-hydrogen) atoms. The number of aryl methyl sites for hydroxylation is 1. The molecule has 0 bridgehead atoms. The van der Waals surface area contributed by atoms with E-state index in [0.717, 1.165) is 16.3 Å². The predicted octanol–water partition coefficient (Wildman–Crippen LogP) is 3.29. The van der Waals surface area contributed by atoms with Crippen LogP contribution in [0.5, 0.6) is 0 Å². The molecule has 3 rings (SSSR count). The summed E-state index contributed by atoms with van der Waals surface area (Å²) < 4.78 is 71.5. The monoisotopic (exact) mass is 432 g/mol. The fourth-order valence-corrected chi connectivity index (χ4v) is 5.46. The van der Waals surface area contributed by atoms with Gasteiger partial charge in [0.25, 0.3) is 0 Å². The lowest BCUT2D eigenvalue weighted by molar-refractivity contribution is -0.141. The van der Waals surface area contributed by atoms with E-state index >= 15 is 0 Å². The summed E-state index contributed by atoms with van der Waals surface area (Å²) in [5.74, 6) is 0. The number of benzene rings is 1. The molecule has 1 aliphatic rings. The Kier molecular flexibility index (Phi) is 5.81. The molecular formula is C19H23F3N2O4S. The van der Waals surface area contributed by atoms with Gasteiger partial charge in [-0.3, -0.25) is 4.68 Å². The van der Waals surface area contributed by atoms with Crippen LogP contribution in [-0.4, -0.2) is 41.3 Å². The smallest absolute Gasteiger partial charge is 0.394 e. The van der Waals surface area contributed by atoms with Gasteiger partial charge in [0.05, 0.1) is 28.5 Å². The van der Waals surface area contributed by atoms with Gasteiger partial charge in [0.2, 0.25) is 0 Å². The molecule has 0 amide bonds. The van der Waals surface area contributed by atoms with Gasteiger partial charge in [-0.25, -0.2) is 8.42 Å². The van der Waals surface area contributed by atoms with Crippen molar-refractivity contribution in [3.8, 4) is 0 Å². The molecule has 1 aromatic heterocycles. The average molecular weight is 432 g/mol. The van der Waals surface area contributed by atoms with Gasteiger partial charge in [0.1, 0.15) is 6.10 Å². The molecule has 2 heterocycles. The summed E-state index contributed by atoms with van der Waals surface area (Å²) in [6.45, 7) is 2.92. The third kappa shape index (κ3) is 4.19. The first-order valence-electron chi connectivity index (χ1n) is 9.17. The summed E-state index contributed by atoms with van der Waals surface area (Å²) in [7, 11) is -3.75. The quantitative estimate of drug-likeness (QED) is 0.784. The summed E-state index contributed by atoms with van der Waals surface area (Å²) in [4.78, 5) is 0.181. The van der Waals surface area contributed by atoms with Gasteiger partial charge in [-0.15, -0.1) is 0 Å². The zero-order valence-electron chi connectivity index (χ0n) is 16.1. The molecule has 1 N–H and O–H groups in total. The maximum Gasteiger partial charge on any atom is 0.435 e. The highest BCUT2D eigenvalue weighted by molar-refractivity contribution is 7.92. The zero-order chi connectivity index (χ0) is 21.4. The molecule has 2 atom stereocenters. The average Bonchev–Trinajstić information content (AvgIpc) is 3.06. The topological polar surface area (TPSA) is 81.4 Å². The molecule has 1 fully saturated rings. The second-order valence-corrected chi connectivity index (χ2v) is 9.95. The molecule has 2 aromatic rings. The number of alkyl halides is 3. The molecule has 6 nitrogen and oxygen atoms in total. The van der Waals surface area contributed by atoms with Crippen molar-refractivity contribution in [2.75, 3.05) is 13.2 Å². The molecular weight excluding hydrogens is 409 g/mol. The molecule has 0 radical (unpaired) electrons. The van der Waals surface area contributed by atoms with Crippen molar-refractivity contribution in [3.05, 3.63) is 47.3 Å². The van der Waals surface area contributed by atoms with Crippen LogP contribution in [0.2, 0.25) is 0 Å². The number of ether oxygens (including phenoxy) is 1. The highest BCUT2D eigenvalue weighted by Gasteiger charge is 2.46.